The van der Waals surface area contributed by atoms with E-state index >= 15 is 0 Å². The number of benzene rings is 1. The molecule has 2 aromatic rings. The number of aromatic nitrogens is 1. The Morgan fingerprint density at radius 1 is 1.09 bits per heavy atom. The van der Waals surface area contributed by atoms with Gasteiger partial charge in [-0.15, -0.1) is 0 Å². The van der Waals surface area contributed by atoms with E-state index in [4.69, 9.17) is 0 Å². The van der Waals surface area contributed by atoms with Crippen LogP contribution in [0.4, 0.5) is 11.4 Å². The average Bonchev–Trinajstić information content (AvgIpc) is 2.84. The third kappa shape index (κ3) is 4.83. The highest BCUT2D eigenvalue weighted by Crippen LogP contribution is 2.30. The zero-order valence-electron chi connectivity index (χ0n) is 18.5. The van der Waals surface area contributed by atoms with Crippen LogP contribution in [0, 0.1) is 16.0 Å². The number of piperazine rings is 1. The van der Waals surface area contributed by atoms with Crippen molar-refractivity contribution in [3.05, 3.63) is 58.4 Å². The zero-order chi connectivity index (χ0) is 23.6. The number of nitro benzene ring substituents is 1. The fourth-order valence-electron chi connectivity index (χ4n) is 4.28. The van der Waals surface area contributed by atoms with Gasteiger partial charge in [-0.05, 0) is 37.0 Å². The molecule has 1 aromatic heterocycles. The third-order valence-corrected chi connectivity index (χ3v) is 8.23. The standard InChI is InChI=1S/C22H27N5O5S/c1-17-6-9-24(10-7-17)21-5-4-18(27(29)30)15-20(21)22(28)25-11-13-26(14-12-25)33(31,32)19-3-2-8-23-16-19/h2-5,8,15-17H,6-7,9-14H2,1H3. The van der Waals surface area contributed by atoms with Crippen LogP contribution in [-0.4, -0.2) is 72.7 Å². The Morgan fingerprint density at radius 3 is 2.39 bits per heavy atom. The van der Waals surface area contributed by atoms with Gasteiger partial charge >= 0.3 is 0 Å². The van der Waals surface area contributed by atoms with E-state index in [1.165, 1.54) is 34.9 Å². The zero-order valence-corrected chi connectivity index (χ0v) is 19.3. The number of non-ortho nitro benzene ring substituents is 1. The van der Waals surface area contributed by atoms with Gasteiger partial charge in [-0.3, -0.25) is 19.9 Å². The second kappa shape index (κ2) is 9.44. The molecule has 0 bridgehead atoms. The Labute approximate surface area is 193 Å². The van der Waals surface area contributed by atoms with Crippen LogP contribution in [0.25, 0.3) is 0 Å². The van der Waals surface area contributed by atoms with E-state index in [0.29, 0.717) is 17.2 Å². The van der Waals surface area contributed by atoms with E-state index in [9.17, 15) is 23.3 Å². The number of carbonyl (C=O) groups is 1. The van der Waals surface area contributed by atoms with Crippen LogP contribution in [0.5, 0.6) is 0 Å². The predicted octanol–water partition coefficient (Wildman–Crippen LogP) is 2.37. The maximum absolute atomic E-state index is 13.4. The lowest BCUT2D eigenvalue weighted by Gasteiger charge is -2.36. The number of piperidine rings is 1. The lowest BCUT2D eigenvalue weighted by Crippen LogP contribution is -2.50. The highest BCUT2D eigenvalue weighted by molar-refractivity contribution is 7.89. The highest BCUT2D eigenvalue weighted by Gasteiger charge is 2.32. The lowest BCUT2D eigenvalue weighted by molar-refractivity contribution is -0.384. The van der Waals surface area contributed by atoms with Gasteiger partial charge in [0.1, 0.15) is 4.90 Å². The number of sulfonamides is 1. The minimum atomic E-state index is -3.69. The molecular formula is C22H27N5O5S. The van der Waals surface area contributed by atoms with Gasteiger partial charge in [-0.2, -0.15) is 4.31 Å². The summed E-state index contributed by atoms with van der Waals surface area (Å²) in [6.45, 7) is 4.48. The second-order valence-electron chi connectivity index (χ2n) is 8.51. The van der Waals surface area contributed by atoms with E-state index in [1.807, 2.05) is 0 Å². The van der Waals surface area contributed by atoms with E-state index in [0.717, 1.165) is 25.9 Å². The second-order valence-corrected chi connectivity index (χ2v) is 10.5. The summed E-state index contributed by atoms with van der Waals surface area (Å²) in [4.78, 5) is 32.0. The van der Waals surface area contributed by atoms with Crippen molar-refractivity contribution in [2.24, 2.45) is 5.92 Å². The number of nitro groups is 1. The summed E-state index contributed by atoms with van der Waals surface area (Å²) in [7, 11) is -3.69. The molecule has 10 nitrogen and oxygen atoms in total. The number of nitrogens with zero attached hydrogens (tertiary/aromatic N) is 5. The number of hydrogen-bond acceptors (Lipinski definition) is 7. The third-order valence-electron chi connectivity index (χ3n) is 6.34. The molecule has 0 aliphatic carbocycles. The first-order valence-corrected chi connectivity index (χ1v) is 12.4. The molecule has 0 radical (unpaired) electrons. The Bertz CT molecular complexity index is 1130. The van der Waals surface area contributed by atoms with Crippen LogP contribution in [0.2, 0.25) is 0 Å². The van der Waals surface area contributed by atoms with Gasteiger partial charge in [0.15, 0.2) is 0 Å². The number of amides is 1. The van der Waals surface area contributed by atoms with Crippen LogP contribution in [0.1, 0.15) is 30.1 Å². The molecule has 1 amide bonds. The van der Waals surface area contributed by atoms with Crippen molar-refractivity contribution in [3.63, 3.8) is 0 Å². The summed E-state index contributed by atoms with van der Waals surface area (Å²) in [6, 6.07) is 7.49. The molecule has 4 rings (SSSR count). The summed E-state index contributed by atoms with van der Waals surface area (Å²) in [5.74, 6) is 0.291. The number of carbonyl (C=O) groups excluding carboxylic acids is 1. The first kappa shape index (κ1) is 23.1. The molecule has 176 valence electrons. The summed E-state index contributed by atoms with van der Waals surface area (Å²) >= 11 is 0. The van der Waals surface area contributed by atoms with Gasteiger partial charge in [-0.25, -0.2) is 8.42 Å². The smallest absolute Gasteiger partial charge is 0.270 e. The summed E-state index contributed by atoms with van der Waals surface area (Å²) in [6.07, 6.45) is 4.81. The summed E-state index contributed by atoms with van der Waals surface area (Å²) in [5.41, 5.74) is 0.857. The first-order valence-electron chi connectivity index (χ1n) is 11.0. The van der Waals surface area contributed by atoms with E-state index < -0.39 is 14.9 Å². The van der Waals surface area contributed by atoms with E-state index in [2.05, 4.69) is 16.8 Å². The van der Waals surface area contributed by atoms with Crippen LogP contribution in [0.3, 0.4) is 0 Å². The Balaban J connectivity index is 1.53. The van der Waals surface area contributed by atoms with Crippen molar-refractivity contribution in [3.8, 4) is 0 Å². The van der Waals surface area contributed by atoms with E-state index in [-0.39, 0.29) is 42.7 Å². The van der Waals surface area contributed by atoms with Crippen LogP contribution in [0.15, 0.2) is 47.6 Å². The summed E-state index contributed by atoms with van der Waals surface area (Å²) < 4.78 is 27.0. The van der Waals surface area contributed by atoms with Gasteiger partial charge in [0.25, 0.3) is 11.6 Å². The molecule has 3 heterocycles. The van der Waals surface area contributed by atoms with Gasteiger partial charge < -0.3 is 9.80 Å². The van der Waals surface area contributed by atoms with Crippen molar-refractivity contribution in [1.29, 1.82) is 0 Å². The molecule has 2 aliphatic heterocycles. The van der Waals surface area contributed by atoms with Gasteiger partial charge in [0.05, 0.1) is 16.2 Å². The topological polar surface area (TPSA) is 117 Å². The predicted molar refractivity (Wildman–Crippen MR) is 123 cm³/mol. The SMILES string of the molecule is CC1CCN(c2ccc([N+](=O)[O-])cc2C(=O)N2CCN(S(=O)(=O)c3cccnc3)CC2)CC1. The monoisotopic (exact) mass is 473 g/mol. The van der Waals surface area contributed by atoms with Gasteiger partial charge in [0, 0.05) is 63.8 Å². The van der Waals surface area contributed by atoms with Crippen LogP contribution in [-0.2, 0) is 10.0 Å². The van der Waals surface area contributed by atoms with Crippen molar-refractivity contribution < 1.29 is 18.1 Å². The van der Waals surface area contributed by atoms with Crippen LogP contribution >= 0.6 is 0 Å². The van der Waals surface area contributed by atoms with Gasteiger partial charge in [-0.1, -0.05) is 6.92 Å². The number of anilines is 1. The molecule has 33 heavy (non-hydrogen) atoms. The molecule has 0 spiro atoms. The van der Waals surface area contributed by atoms with E-state index in [1.54, 1.807) is 17.0 Å². The Hall–Kier alpha value is -3.05. The van der Waals surface area contributed by atoms with Crippen LogP contribution < -0.4 is 4.90 Å². The minimum absolute atomic E-state index is 0.116. The normalized spacial score (nSPS) is 18.3. The van der Waals surface area contributed by atoms with Gasteiger partial charge in [0.2, 0.25) is 10.0 Å². The average molecular weight is 474 g/mol. The fourth-order valence-corrected chi connectivity index (χ4v) is 5.67. The largest absolute Gasteiger partial charge is 0.371 e. The molecular weight excluding hydrogens is 446 g/mol. The number of hydrogen-bond donors (Lipinski definition) is 0. The number of rotatable bonds is 5. The lowest BCUT2D eigenvalue weighted by atomic mass is 9.97. The molecule has 0 unspecified atom stereocenters. The fraction of sp³-hybridized carbons (Fsp3) is 0.455. The first-order chi connectivity index (χ1) is 15.8. The molecule has 1 aromatic carbocycles. The van der Waals surface area contributed by atoms with Crippen molar-refractivity contribution in [1.82, 2.24) is 14.2 Å². The molecule has 0 N–H and O–H groups in total. The van der Waals surface area contributed by atoms with Crippen molar-refractivity contribution in [2.45, 2.75) is 24.7 Å². The molecule has 0 saturated carbocycles. The highest BCUT2D eigenvalue weighted by atomic mass is 32.2. The molecule has 11 heteroatoms. The molecule has 0 atom stereocenters. The Kier molecular flexibility index (Phi) is 6.61. The minimum Gasteiger partial charge on any atom is -0.371 e. The maximum atomic E-state index is 13.4. The molecule has 2 saturated heterocycles. The summed E-state index contributed by atoms with van der Waals surface area (Å²) in [5, 5.41) is 11.4. The maximum Gasteiger partial charge on any atom is 0.270 e. The number of pyridine rings is 1. The Morgan fingerprint density at radius 2 is 1.79 bits per heavy atom. The van der Waals surface area contributed by atoms with Crippen molar-refractivity contribution >= 4 is 27.3 Å². The molecule has 2 aliphatic rings. The van der Waals surface area contributed by atoms with Crippen molar-refractivity contribution in [2.75, 3.05) is 44.2 Å². The molecule has 2 fully saturated rings. The quantitative estimate of drug-likeness (QED) is 0.483.